The topological polar surface area (TPSA) is 69.0 Å². The Morgan fingerprint density at radius 2 is 1.84 bits per heavy atom. The summed E-state index contributed by atoms with van der Waals surface area (Å²) < 4.78 is 46.4. The van der Waals surface area contributed by atoms with Gasteiger partial charge in [-0.05, 0) is 47.7 Å². The Bertz CT molecular complexity index is 1200. The molecule has 10 heteroatoms. The molecular weight excluding hydrogens is 501 g/mol. The number of ether oxygens (including phenoxy) is 1. The largest absolute Gasteiger partial charge is 0.494 e. The number of thioether (sulfide) groups is 1. The van der Waals surface area contributed by atoms with E-state index < -0.39 is 17.6 Å². The number of aromatic nitrogens is 3. The first-order chi connectivity index (χ1) is 17.5. The van der Waals surface area contributed by atoms with Crippen molar-refractivity contribution in [2.24, 2.45) is 0 Å². The van der Waals surface area contributed by atoms with Crippen LogP contribution in [-0.4, -0.2) is 33.0 Å². The minimum Gasteiger partial charge on any atom is -0.494 e. The van der Waals surface area contributed by atoms with Crippen LogP contribution in [0, 0.1) is 0 Å². The molecule has 0 fully saturated rings. The normalized spacial score (nSPS) is 11.8. The van der Waals surface area contributed by atoms with E-state index in [0.717, 1.165) is 41.9 Å². The molecule has 1 heterocycles. The van der Waals surface area contributed by atoms with Crippen molar-refractivity contribution in [3.8, 4) is 5.75 Å². The monoisotopic (exact) mass is 532 g/mol. The van der Waals surface area contributed by atoms with Crippen LogP contribution in [-0.2, 0) is 29.4 Å². The van der Waals surface area contributed by atoms with Gasteiger partial charge in [0.05, 0.1) is 17.9 Å². The molecule has 0 saturated carbocycles. The maximum absolute atomic E-state index is 12.9. The summed E-state index contributed by atoms with van der Waals surface area (Å²) in [6.45, 7) is 11.2. The van der Waals surface area contributed by atoms with E-state index in [1.165, 1.54) is 17.7 Å². The number of nitrogens with one attached hydrogen (secondary N) is 1. The summed E-state index contributed by atoms with van der Waals surface area (Å²) in [5, 5.41) is 11.5. The minimum atomic E-state index is -4.48. The molecule has 0 atom stereocenters. The zero-order valence-electron chi connectivity index (χ0n) is 21.1. The second-order valence-electron chi connectivity index (χ2n) is 9.44. The molecule has 3 aromatic rings. The molecule has 1 N–H and O–H groups in total. The molecule has 0 radical (unpaired) electrons. The zero-order valence-corrected chi connectivity index (χ0v) is 22.0. The number of allylic oxidation sites excluding steroid dienone is 1. The van der Waals surface area contributed by atoms with E-state index in [-0.39, 0.29) is 16.9 Å². The smallest absolute Gasteiger partial charge is 0.416 e. The average Bonchev–Trinajstić information content (AvgIpc) is 3.21. The number of hydrogen-bond donors (Lipinski definition) is 1. The Morgan fingerprint density at radius 1 is 1.11 bits per heavy atom. The summed E-state index contributed by atoms with van der Waals surface area (Å²) in [4.78, 5) is 12.3. The maximum atomic E-state index is 12.9. The Balaban J connectivity index is 1.51. The molecule has 0 aliphatic heterocycles. The SMILES string of the molecule is C=CCn1c(CCCOc2ccc(C(C)(C)C)cc2)nnc1SCC(=O)Nc1cccc(C(F)(F)F)c1. The Kier molecular flexibility index (Phi) is 9.42. The highest BCUT2D eigenvalue weighted by Gasteiger charge is 2.30. The quantitative estimate of drug-likeness (QED) is 0.173. The Hall–Kier alpha value is -3.27. The van der Waals surface area contributed by atoms with Crippen LogP contribution < -0.4 is 10.1 Å². The van der Waals surface area contributed by atoms with Gasteiger partial charge in [0.2, 0.25) is 5.91 Å². The number of alkyl halides is 3. The molecular formula is C27H31F3N4O2S. The third-order valence-electron chi connectivity index (χ3n) is 5.44. The third-order valence-corrected chi connectivity index (χ3v) is 6.41. The van der Waals surface area contributed by atoms with Crippen molar-refractivity contribution in [2.45, 2.75) is 56.9 Å². The third kappa shape index (κ3) is 8.38. The van der Waals surface area contributed by atoms with Crippen molar-refractivity contribution in [1.82, 2.24) is 14.8 Å². The summed E-state index contributed by atoms with van der Waals surface area (Å²) in [7, 11) is 0. The van der Waals surface area contributed by atoms with Crippen LogP contribution in [0.2, 0.25) is 0 Å². The van der Waals surface area contributed by atoms with Crippen molar-refractivity contribution >= 4 is 23.4 Å². The molecule has 0 unspecified atom stereocenters. The number of carbonyl (C=O) groups is 1. The number of aryl methyl sites for hydroxylation is 1. The molecule has 2 aromatic carbocycles. The Morgan fingerprint density at radius 3 is 2.49 bits per heavy atom. The Labute approximate surface area is 219 Å². The van der Waals surface area contributed by atoms with Crippen molar-refractivity contribution in [3.05, 3.63) is 78.1 Å². The van der Waals surface area contributed by atoms with E-state index in [2.05, 4.69) is 55.0 Å². The van der Waals surface area contributed by atoms with Crippen LogP contribution in [0.3, 0.4) is 0 Å². The predicted octanol–water partition coefficient (Wildman–Crippen LogP) is 6.52. The van der Waals surface area contributed by atoms with E-state index in [0.29, 0.717) is 24.7 Å². The molecule has 0 saturated heterocycles. The number of rotatable bonds is 11. The van der Waals surface area contributed by atoms with Crippen molar-refractivity contribution < 1.29 is 22.7 Å². The van der Waals surface area contributed by atoms with Gasteiger partial charge in [-0.25, -0.2) is 0 Å². The van der Waals surface area contributed by atoms with Gasteiger partial charge in [-0.15, -0.1) is 16.8 Å². The highest BCUT2D eigenvalue weighted by Crippen LogP contribution is 2.31. The van der Waals surface area contributed by atoms with Crippen LogP contribution in [0.15, 0.2) is 66.3 Å². The van der Waals surface area contributed by atoms with Crippen LogP contribution >= 0.6 is 11.8 Å². The first-order valence-corrected chi connectivity index (χ1v) is 12.8. The number of amides is 1. The summed E-state index contributed by atoms with van der Waals surface area (Å²) in [6, 6.07) is 12.6. The number of halogens is 3. The van der Waals surface area contributed by atoms with Gasteiger partial charge in [0.1, 0.15) is 11.6 Å². The lowest BCUT2D eigenvalue weighted by Gasteiger charge is -2.19. The number of carbonyl (C=O) groups excluding carboxylic acids is 1. The van der Waals surface area contributed by atoms with E-state index in [1.54, 1.807) is 6.08 Å². The number of nitrogens with zero attached hydrogens (tertiary/aromatic N) is 3. The lowest BCUT2D eigenvalue weighted by atomic mass is 9.87. The maximum Gasteiger partial charge on any atom is 0.416 e. The molecule has 3 rings (SSSR count). The van der Waals surface area contributed by atoms with Gasteiger partial charge in [0, 0.05) is 18.7 Å². The van der Waals surface area contributed by atoms with E-state index in [4.69, 9.17) is 4.74 Å². The zero-order chi connectivity index (χ0) is 27.1. The lowest BCUT2D eigenvalue weighted by molar-refractivity contribution is -0.137. The van der Waals surface area contributed by atoms with Crippen LogP contribution in [0.1, 0.15) is 44.1 Å². The van der Waals surface area contributed by atoms with E-state index in [9.17, 15) is 18.0 Å². The standard InChI is InChI=1S/C27H31F3N4O2S/c1-5-15-34-23(10-7-16-36-22-13-11-19(12-14-22)26(2,3)4)32-33-25(34)37-18-24(35)31-21-9-6-8-20(17-21)27(28,29)30/h5-6,8-9,11-14,17H,1,7,10,15-16,18H2,2-4H3,(H,31,35). The highest BCUT2D eigenvalue weighted by atomic mass is 32.2. The number of benzene rings is 2. The van der Waals surface area contributed by atoms with Gasteiger partial charge in [-0.3, -0.25) is 4.79 Å². The molecule has 1 aromatic heterocycles. The molecule has 6 nitrogen and oxygen atoms in total. The highest BCUT2D eigenvalue weighted by molar-refractivity contribution is 7.99. The summed E-state index contributed by atoms with van der Waals surface area (Å²) in [6.07, 6.45) is -1.42. The summed E-state index contributed by atoms with van der Waals surface area (Å²) in [5.74, 6) is 1.08. The fourth-order valence-corrected chi connectivity index (χ4v) is 4.26. The molecule has 0 aliphatic carbocycles. The molecule has 1 amide bonds. The molecule has 0 spiro atoms. The van der Waals surface area contributed by atoms with Gasteiger partial charge >= 0.3 is 6.18 Å². The van der Waals surface area contributed by atoms with E-state index in [1.807, 2.05) is 16.7 Å². The second kappa shape index (κ2) is 12.3. The fourth-order valence-electron chi connectivity index (χ4n) is 3.50. The van der Waals surface area contributed by atoms with Gasteiger partial charge < -0.3 is 14.6 Å². The first kappa shape index (κ1) is 28.3. The van der Waals surface area contributed by atoms with Gasteiger partial charge in [-0.1, -0.05) is 56.8 Å². The molecule has 0 aliphatic rings. The molecule has 198 valence electrons. The molecule has 0 bridgehead atoms. The van der Waals surface area contributed by atoms with Gasteiger partial charge in [0.15, 0.2) is 5.16 Å². The lowest BCUT2D eigenvalue weighted by Crippen LogP contribution is -2.15. The van der Waals surface area contributed by atoms with Crippen LogP contribution in [0.25, 0.3) is 0 Å². The van der Waals surface area contributed by atoms with E-state index >= 15 is 0 Å². The second-order valence-corrected chi connectivity index (χ2v) is 10.4. The van der Waals surface area contributed by atoms with Crippen molar-refractivity contribution in [3.63, 3.8) is 0 Å². The number of hydrogen-bond acceptors (Lipinski definition) is 5. The summed E-state index contributed by atoms with van der Waals surface area (Å²) in [5.41, 5.74) is 0.592. The van der Waals surface area contributed by atoms with Crippen LogP contribution in [0.4, 0.5) is 18.9 Å². The van der Waals surface area contributed by atoms with Crippen molar-refractivity contribution in [1.29, 1.82) is 0 Å². The van der Waals surface area contributed by atoms with Crippen LogP contribution in [0.5, 0.6) is 5.75 Å². The fraction of sp³-hybridized carbons (Fsp3) is 0.370. The average molecular weight is 533 g/mol. The summed E-state index contributed by atoms with van der Waals surface area (Å²) >= 11 is 1.16. The molecule has 37 heavy (non-hydrogen) atoms. The number of anilines is 1. The predicted molar refractivity (Wildman–Crippen MR) is 140 cm³/mol. The first-order valence-electron chi connectivity index (χ1n) is 11.8. The minimum absolute atomic E-state index is 0.0286. The van der Waals surface area contributed by atoms with Crippen molar-refractivity contribution in [2.75, 3.05) is 17.7 Å². The van der Waals surface area contributed by atoms with Gasteiger partial charge in [-0.2, -0.15) is 13.2 Å². The van der Waals surface area contributed by atoms with Gasteiger partial charge in [0.25, 0.3) is 0 Å².